The van der Waals surface area contributed by atoms with Crippen molar-refractivity contribution in [3.63, 3.8) is 0 Å². The highest BCUT2D eigenvalue weighted by molar-refractivity contribution is 9.13. The summed E-state index contributed by atoms with van der Waals surface area (Å²) in [6, 6.07) is 3.15. The van der Waals surface area contributed by atoms with Gasteiger partial charge >= 0.3 is 0 Å². The van der Waals surface area contributed by atoms with Gasteiger partial charge in [-0.3, -0.25) is 4.79 Å². The molecule has 12 heavy (non-hydrogen) atoms. The zero-order chi connectivity index (χ0) is 9.30. The Bertz CT molecular complexity index is 334. The third kappa shape index (κ3) is 1.69. The van der Waals surface area contributed by atoms with Crippen LogP contribution in [0.4, 0.5) is 0 Å². The summed E-state index contributed by atoms with van der Waals surface area (Å²) < 4.78 is 1.35. The summed E-state index contributed by atoms with van der Waals surface area (Å²) >= 11 is 6.44. The van der Waals surface area contributed by atoms with Gasteiger partial charge in [0.15, 0.2) is 5.78 Å². The summed E-state index contributed by atoms with van der Waals surface area (Å²) in [7, 11) is 0. The van der Waals surface area contributed by atoms with E-state index in [1.807, 2.05) is 0 Å². The number of carbonyl (C=O) groups is 1. The summed E-state index contributed by atoms with van der Waals surface area (Å²) in [6.45, 7) is 1.41. The largest absolute Gasteiger partial charge is 0.507 e. The Morgan fingerprint density at radius 1 is 1.42 bits per heavy atom. The van der Waals surface area contributed by atoms with Gasteiger partial charge in [-0.15, -0.1) is 0 Å². The van der Waals surface area contributed by atoms with E-state index in [1.54, 1.807) is 6.07 Å². The van der Waals surface area contributed by atoms with E-state index < -0.39 is 0 Å². The standard InChI is InChI=1S/C8H6Br2O2/c1-4(11)7-6(12)3-2-5(9)8(7)10/h2-3,12H,1H3. The minimum atomic E-state index is -0.166. The van der Waals surface area contributed by atoms with Crippen molar-refractivity contribution in [2.45, 2.75) is 6.92 Å². The third-order valence-corrected chi connectivity index (χ3v) is 3.44. The fourth-order valence-electron chi connectivity index (χ4n) is 0.875. The lowest BCUT2D eigenvalue weighted by Gasteiger charge is -2.04. The second kappa shape index (κ2) is 3.58. The summed E-state index contributed by atoms with van der Waals surface area (Å²) in [4.78, 5) is 11.0. The van der Waals surface area contributed by atoms with Gasteiger partial charge in [0.1, 0.15) is 5.75 Å². The number of hydrogen-bond acceptors (Lipinski definition) is 2. The zero-order valence-electron chi connectivity index (χ0n) is 6.27. The molecule has 0 saturated carbocycles. The van der Waals surface area contributed by atoms with E-state index in [0.717, 1.165) is 4.47 Å². The van der Waals surface area contributed by atoms with E-state index in [9.17, 15) is 9.90 Å². The fourth-order valence-corrected chi connectivity index (χ4v) is 1.82. The summed E-state index contributed by atoms with van der Waals surface area (Å²) in [5, 5.41) is 9.31. The SMILES string of the molecule is CC(=O)c1c(O)ccc(Br)c1Br. The molecule has 0 aliphatic heterocycles. The van der Waals surface area contributed by atoms with Gasteiger partial charge in [-0.05, 0) is 50.9 Å². The number of halogens is 2. The smallest absolute Gasteiger partial charge is 0.164 e. The number of benzene rings is 1. The second-order valence-electron chi connectivity index (χ2n) is 2.31. The van der Waals surface area contributed by atoms with Gasteiger partial charge in [-0.25, -0.2) is 0 Å². The van der Waals surface area contributed by atoms with Gasteiger partial charge in [0.05, 0.1) is 5.56 Å². The summed E-state index contributed by atoms with van der Waals surface area (Å²) in [6.07, 6.45) is 0. The number of ketones is 1. The molecule has 64 valence electrons. The van der Waals surface area contributed by atoms with Crippen molar-refractivity contribution in [2.24, 2.45) is 0 Å². The van der Waals surface area contributed by atoms with Gasteiger partial charge in [0, 0.05) is 8.95 Å². The van der Waals surface area contributed by atoms with Crippen LogP contribution < -0.4 is 0 Å². The van der Waals surface area contributed by atoms with E-state index in [4.69, 9.17) is 0 Å². The first kappa shape index (κ1) is 9.74. The van der Waals surface area contributed by atoms with Crippen molar-refractivity contribution in [1.82, 2.24) is 0 Å². The molecule has 0 aliphatic carbocycles. The topological polar surface area (TPSA) is 37.3 Å². The molecule has 0 amide bonds. The molecule has 0 unspecified atom stereocenters. The first-order valence-corrected chi connectivity index (χ1v) is 4.80. The average Bonchev–Trinajstić information content (AvgIpc) is 1.97. The van der Waals surface area contributed by atoms with E-state index in [1.165, 1.54) is 13.0 Å². The monoisotopic (exact) mass is 292 g/mol. The van der Waals surface area contributed by atoms with Crippen LogP contribution in [-0.4, -0.2) is 10.9 Å². The lowest BCUT2D eigenvalue weighted by atomic mass is 10.1. The molecule has 0 bridgehead atoms. The van der Waals surface area contributed by atoms with Crippen LogP contribution in [0, 0.1) is 0 Å². The van der Waals surface area contributed by atoms with E-state index in [-0.39, 0.29) is 11.5 Å². The van der Waals surface area contributed by atoms with Crippen molar-refractivity contribution < 1.29 is 9.90 Å². The molecule has 0 radical (unpaired) electrons. The van der Waals surface area contributed by atoms with Gasteiger partial charge in [0.2, 0.25) is 0 Å². The first-order valence-electron chi connectivity index (χ1n) is 3.22. The van der Waals surface area contributed by atoms with Crippen LogP contribution in [0.15, 0.2) is 21.1 Å². The first-order chi connectivity index (χ1) is 5.54. The highest BCUT2D eigenvalue weighted by Gasteiger charge is 2.12. The van der Waals surface area contributed by atoms with E-state index in [2.05, 4.69) is 31.9 Å². The Morgan fingerprint density at radius 3 is 2.42 bits per heavy atom. The van der Waals surface area contributed by atoms with Crippen LogP contribution in [0.5, 0.6) is 5.75 Å². The van der Waals surface area contributed by atoms with Gasteiger partial charge in [-0.1, -0.05) is 0 Å². The lowest BCUT2D eigenvalue weighted by Crippen LogP contribution is -1.94. The maximum atomic E-state index is 11.0. The Hall–Kier alpha value is -0.350. The number of carbonyl (C=O) groups excluding carboxylic acids is 1. The average molecular weight is 294 g/mol. The summed E-state index contributed by atoms with van der Waals surface area (Å²) in [5.41, 5.74) is 0.310. The molecule has 1 aromatic carbocycles. The molecule has 2 nitrogen and oxygen atoms in total. The van der Waals surface area contributed by atoms with Crippen LogP contribution in [0.1, 0.15) is 17.3 Å². The maximum Gasteiger partial charge on any atom is 0.164 e. The Labute approximate surface area is 86.9 Å². The predicted octanol–water partition coefficient (Wildman–Crippen LogP) is 3.12. The van der Waals surface area contributed by atoms with E-state index in [0.29, 0.717) is 10.0 Å². The van der Waals surface area contributed by atoms with Crippen LogP contribution in [0.2, 0.25) is 0 Å². The normalized spacial score (nSPS) is 9.92. The molecule has 0 fully saturated rings. The quantitative estimate of drug-likeness (QED) is 0.808. The highest BCUT2D eigenvalue weighted by Crippen LogP contribution is 2.32. The molecule has 0 aromatic heterocycles. The van der Waals surface area contributed by atoms with Gasteiger partial charge in [0.25, 0.3) is 0 Å². The predicted molar refractivity (Wildman–Crippen MR) is 53.5 cm³/mol. The highest BCUT2D eigenvalue weighted by atomic mass is 79.9. The molecule has 0 atom stereocenters. The molecule has 1 N–H and O–H groups in total. The van der Waals surface area contributed by atoms with Crippen molar-refractivity contribution in [2.75, 3.05) is 0 Å². The second-order valence-corrected chi connectivity index (χ2v) is 3.96. The number of phenols is 1. The zero-order valence-corrected chi connectivity index (χ0v) is 9.44. The number of hydrogen-bond donors (Lipinski definition) is 1. The van der Waals surface area contributed by atoms with Crippen molar-refractivity contribution in [3.05, 3.63) is 26.6 Å². The molecule has 4 heteroatoms. The fraction of sp³-hybridized carbons (Fsp3) is 0.125. The lowest BCUT2D eigenvalue weighted by molar-refractivity contribution is 0.101. The van der Waals surface area contributed by atoms with Gasteiger partial charge < -0.3 is 5.11 Å². The Kier molecular flexibility index (Phi) is 2.90. The Morgan fingerprint density at radius 2 is 2.00 bits per heavy atom. The van der Waals surface area contributed by atoms with Crippen LogP contribution in [0.3, 0.4) is 0 Å². The van der Waals surface area contributed by atoms with Crippen LogP contribution >= 0.6 is 31.9 Å². The molecular weight excluding hydrogens is 288 g/mol. The number of rotatable bonds is 1. The van der Waals surface area contributed by atoms with Crippen LogP contribution in [-0.2, 0) is 0 Å². The summed E-state index contributed by atoms with van der Waals surface area (Å²) in [5.74, 6) is -0.168. The minimum absolute atomic E-state index is 0.00225. The molecule has 0 aliphatic rings. The Balaban J connectivity index is 3.43. The maximum absolute atomic E-state index is 11.0. The molecule has 0 heterocycles. The van der Waals surface area contributed by atoms with Crippen molar-refractivity contribution in [3.8, 4) is 5.75 Å². The molecule has 1 rings (SSSR count). The number of phenolic OH excluding ortho intramolecular Hbond substituents is 1. The van der Waals surface area contributed by atoms with Gasteiger partial charge in [-0.2, -0.15) is 0 Å². The molecule has 1 aromatic rings. The molecule has 0 saturated heterocycles. The minimum Gasteiger partial charge on any atom is -0.507 e. The molecule has 0 spiro atoms. The third-order valence-electron chi connectivity index (χ3n) is 1.42. The van der Waals surface area contributed by atoms with Crippen LogP contribution in [0.25, 0.3) is 0 Å². The van der Waals surface area contributed by atoms with Crippen molar-refractivity contribution in [1.29, 1.82) is 0 Å². The van der Waals surface area contributed by atoms with E-state index >= 15 is 0 Å². The molecular formula is C8H6Br2O2. The number of Topliss-reactive ketones (excluding diaryl/α,β-unsaturated/α-hetero) is 1. The number of aromatic hydroxyl groups is 1. The van der Waals surface area contributed by atoms with Crippen molar-refractivity contribution >= 4 is 37.6 Å².